The van der Waals surface area contributed by atoms with Crippen LogP contribution in [0.5, 0.6) is 5.75 Å². The number of carbonyl (C=O) groups excluding carboxylic acids is 2. The molecule has 1 saturated carbocycles. The number of rotatable bonds is 4. The van der Waals surface area contributed by atoms with Crippen LogP contribution >= 0.6 is 11.6 Å². The van der Waals surface area contributed by atoms with E-state index >= 15 is 0 Å². The molecule has 2 saturated heterocycles. The summed E-state index contributed by atoms with van der Waals surface area (Å²) in [5.41, 5.74) is 2.16. The summed E-state index contributed by atoms with van der Waals surface area (Å²) < 4.78 is 11.4. The van der Waals surface area contributed by atoms with Gasteiger partial charge in [-0.25, -0.2) is 0 Å². The third kappa shape index (κ3) is 3.91. The van der Waals surface area contributed by atoms with E-state index < -0.39 is 25.1 Å². The molecule has 2 aliphatic carbocycles. The average Bonchev–Trinajstić information content (AvgIpc) is 3.04. The van der Waals surface area contributed by atoms with E-state index in [-0.39, 0.29) is 36.1 Å². The fourth-order valence-corrected chi connectivity index (χ4v) is 6.72. The molecule has 176 valence electrons. The Bertz CT molecular complexity index is 993. The summed E-state index contributed by atoms with van der Waals surface area (Å²) in [6.45, 7) is 0.283. The van der Waals surface area contributed by atoms with Gasteiger partial charge in [0, 0.05) is 18.2 Å². The maximum atomic E-state index is 13.7. The van der Waals surface area contributed by atoms with Crippen molar-refractivity contribution >= 4 is 30.5 Å². The maximum Gasteiger partial charge on any atom is 0.487 e. The molecule has 0 bridgehead atoms. The average molecular weight is 474 g/mol. The lowest BCUT2D eigenvalue weighted by Gasteiger charge is -2.42. The van der Waals surface area contributed by atoms with Gasteiger partial charge in [0.15, 0.2) is 0 Å². The minimum absolute atomic E-state index is 0.0224. The lowest BCUT2D eigenvalue weighted by molar-refractivity contribution is -0.143. The second-order valence-corrected chi connectivity index (χ2v) is 10.1. The van der Waals surface area contributed by atoms with Crippen LogP contribution in [0.15, 0.2) is 29.2 Å². The number of phenols is 1. The number of allylic oxidation sites excluding steroid dienone is 1. The number of hydrogen-bond donors (Lipinski definition) is 2. The molecule has 1 aromatic carbocycles. The Kier molecular flexibility index (Phi) is 6.29. The Morgan fingerprint density at radius 2 is 1.94 bits per heavy atom. The van der Waals surface area contributed by atoms with E-state index in [2.05, 4.69) is 0 Å². The molecule has 1 aromatic rings. The van der Waals surface area contributed by atoms with Crippen LogP contribution in [0.1, 0.15) is 56.6 Å². The first-order valence-electron chi connectivity index (χ1n) is 11.8. The Balaban J connectivity index is 1.51. The molecular weight excluding hydrogens is 445 g/mol. The van der Waals surface area contributed by atoms with E-state index in [4.69, 9.17) is 21.0 Å². The molecular formula is C24H29BClNO6. The summed E-state index contributed by atoms with van der Waals surface area (Å²) in [5.74, 6) is -1.42. The second kappa shape index (κ2) is 9.06. The van der Waals surface area contributed by atoms with E-state index in [0.29, 0.717) is 28.9 Å². The largest absolute Gasteiger partial charge is 0.508 e. The van der Waals surface area contributed by atoms with Crippen molar-refractivity contribution in [3.05, 3.63) is 39.8 Å². The van der Waals surface area contributed by atoms with Crippen LogP contribution in [0.4, 0.5) is 0 Å². The Morgan fingerprint density at radius 3 is 2.64 bits per heavy atom. The molecule has 4 aliphatic rings. The highest BCUT2D eigenvalue weighted by atomic mass is 35.5. The number of amides is 2. The number of benzene rings is 1. The normalized spacial score (nSPS) is 30.6. The highest BCUT2D eigenvalue weighted by Crippen LogP contribution is 2.52. The van der Waals surface area contributed by atoms with Crippen molar-refractivity contribution in [2.45, 2.75) is 57.1 Å². The zero-order valence-corrected chi connectivity index (χ0v) is 19.5. The fraction of sp³-hybridized carbons (Fsp3) is 0.583. The quantitative estimate of drug-likeness (QED) is 0.514. The third-order valence-electron chi connectivity index (χ3n) is 7.83. The van der Waals surface area contributed by atoms with Gasteiger partial charge >= 0.3 is 7.12 Å². The lowest BCUT2D eigenvalue weighted by Crippen LogP contribution is -2.46. The molecule has 0 unspecified atom stereocenters. The molecule has 4 atom stereocenters. The summed E-state index contributed by atoms with van der Waals surface area (Å²) in [5, 5.41) is 21.1. The number of halogens is 1. The van der Waals surface area contributed by atoms with Crippen molar-refractivity contribution in [3.63, 3.8) is 0 Å². The monoisotopic (exact) mass is 473 g/mol. The first kappa shape index (κ1) is 22.9. The number of carbonyl (C=O) groups is 2. The second-order valence-electron chi connectivity index (χ2n) is 9.69. The van der Waals surface area contributed by atoms with Crippen LogP contribution in [0.3, 0.4) is 0 Å². The minimum atomic E-state index is -1.21. The van der Waals surface area contributed by atoms with Crippen LogP contribution in [0.2, 0.25) is 5.02 Å². The van der Waals surface area contributed by atoms with Crippen LogP contribution < -0.4 is 0 Å². The smallest absolute Gasteiger partial charge is 0.487 e. The van der Waals surface area contributed by atoms with Gasteiger partial charge in [0.1, 0.15) is 5.75 Å². The number of likely N-dealkylation sites (tertiary alicyclic amines) is 1. The molecule has 9 heteroatoms. The van der Waals surface area contributed by atoms with Gasteiger partial charge in [-0.2, -0.15) is 0 Å². The lowest BCUT2D eigenvalue weighted by atomic mass is 9.55. The van der Waals surface area contributed by atoms with Gasteiger partial charge in [-0.3, -0.25) is 14.5 Å². The van der Waals surface area contributed by atoms with Crippen molar-refractivity contribution in [1.29, 1.82) is 0 Å². The van der Waals surface area contributed by atoms with Crippen LogP contribution in [-0.4, -0.2) is 53.7 Å². The predicted octanol–water partition coefficient (Wildman–Crippen LogP) is 3.42. The first-order chi connectivity index (χ1) is 15.9. The maximum absolute atomic E-state index is 13.7. The van der Waals surface area contributed by atoms with E-state index in [1.165, 1.54) is 12.1 Å². The van der Waals surface area contributed by atoms with Crippen molar-refractivity contribution in [2.24, 2.45) is 17.8 Å². The molecule has 5 rings (SSSR count). The number of aromatic hydroxyl groups is 1. The number of imide groups is 1. The van der Waals surface area contributed by atoms with Crippen molar-refractivity contribution < 1.29 is 29.1 Å². The SMILES string of the molecule is COCC1=C2B(O)O[C@H](c3ccc(O)cc3Cl)C[C@H]2[C@H]2C(=O)N(C3CCCCC3)C(=O)[C@H]2C1. The molecule has 3 fully saturated rings. The fourth-order valence-electron chi connectivity index (χ4n) is 6.42. The zero-order chi connectivity index (χ0) is 23.3. The highest BCUT2D eigenvalue weighted by Gasteiger charge is 2.58. The van der Waals surface area contributed by atoms with E-state index in [1.807, 2.05) is 0 Å². The Morgan fingerprint density at radius 1 is 1.18 bits per heavy atom. The molecule has 2 amide bonds. The Labute approximate surface area is 198 Å². The first-order valence-corrected chi connectivity index (χ1v) is 12.2. The highest BCUT2D eigenvalue weighted by molar-refractivity contribution is 6.53. The van der Waals surface area contributed by atoms with E-state index in [9.17, 15) is 19.7 Å². The number of nitrogens with zero attached hydrogens (tertiary/aromatic N) is 1. The number of phenolic OH excluding ortho intramolecular Hbond substituents is 1. The molecule has 0 spiro atoms. The van der Waals surface area contributed by atoms with Gasteiger partial charge in [0.2, 0.25) is 11.8 Å². The van der Waals surface area contributed by atoms with Gasteiger partial charge in [0.05, 0.1) is 24.5 Å². The van der Waals surface area contributed by atoms with Gasteiger partial charge in [0.25, 0.3) is 0 Å². The van der Waals surface area contributed by atoms with E-state index in [1.54, 1.807) is 18.1 Å². The standard InChI is InChI=1S/C24H29BClNO6/c1-32-12-13-9-18-21(24(30)27(23(18)29)14-5-3-2-4-6-14)17-11-20(33-25(31)22(13)17)16-8-7-15(28)10-19(16)26/h7-8,10,14,17-18,20-21,28,31H,2-6,9,11-12H2,1H3/t17-,18-,20-,21+/m0/s1. The summed E-state index contributed by atoms with van der Waals surface area (Å²) in [7, 11) is 0.371. The summed E-state index contributed by atoms with van der Waals surface area (Å²) in [6.07, 6.45) is 5.21. The van der Waals surface area contributed by atoms with E-state index in [0.717, 1.165) is 37.7 Å². The van der Waals surface area contributed by atoms with Crippen LogP contribution in [-0.2, 0) is 19.0 Å². The van der Waals surface area contributed by atoms with Gasteiger partial charge in [-0.15, -0.1) is 0 Å². The number of ether oxygens (including phenoxy) is 1. The number of hydrogen-bond acceptors (Lipinski definition) is 6. The molecule has 2 aliphatic heterocycles. The van der Waals surface area contributed by atoms with Gasteiger partial charge < -0.3 is 19.5 Å². The molecule has 33 heavy (non-hydrogen) atoms. The summed E-state index contributed by atoms with van der Waals surface area (Å²) in [4.78, 5) is 28.7. The van der Waals surface area contributed by atoms with Gasteiger partial charge in [-0.05, 0) is 60.3 Å². The predicted molar refractivity (Wildman–Crippen MR) is 122 cm³/mol. The van der Waals surface area contributed by atoms with Crippen molar-refractivity contribution in [2.75, 3.05) is 13.7 Å². The molecule has 2 N–H and O–H groups in total. The zero-order valence-electron chi connectivity index (χ0n) is 18.7. The summed E-state index contributed by atoms with van der Waals surface area (Å²) >= 11 is 6.37. The number of fused-ring (bicyclic) bond motifs is 3. The molecule has 0 radical (unpaired) electrons. The van der Waals surface area contributed by atoms with Gasteiger partial charge in [-0.1, -0.05) is 36.9 Å². The number of methoxy groups -OCH3 is 1. The van der Waals surface area contributed by atoms with Crippen molar-refractivity contribution in [1.82, 2.24) is 4.90 Å². The molecule has 7 nitrogen and oxygen atoms in total. The molecule has 2 heterocycles. The Hall–Kier alpha value is -1.87. The summed E-state index contributed by atoms with van der Waals surface area (Å²) in [6, 6.07) is 4.62. The van der Waals surface area contributed by atoms with Crippen molar-refractivity contribution in [3.8, 4) is 5.75 Å². The van der Waals surface area contributed by atoms with Crippen LogP contribution in [0.25, 0.3) is 0 Å². The molecule has 0 aromatic heterocycles. The topological polar surface area (TPSA) is 96.3 Å². The van der Waals surface area contributed by atoms with Crippen LogP contribution in [0, 0.1) is 17.8 Å². The minimum Gasteiger partial charge on any atom is -0.508 e. The third-order valence-corrected chi connectivity index (χ3v) is 8.16.